The number of hydrogen-bond donors (Lipinski definition) is 4. The van der Waals surface area contributed by atoms with Crippen molar-refractivity contribution >= 4 is 5.97 Å². The van der Waals surface area contributed by atoms with Crippen molar-refractivity contribution in [3.05, 3.63) is 12.3 Å². The van der Waals surface area contributed by atoms with Crippen LogP contribution in [-0.4, -0.2) is 106 Å². The van der Waals surface area contributed by atoms with E-state index < -0.39 is 93.8 Å². The van der Waals surface area contributed by atoms with Gasteiger partial charge in [0.05, 0.1) is 57.1 Å². The smallest absolute Gasteiger partial charge is 0.335 e. The number of hydrogen-bond acceptors (Lipinski definition) is 11. The topological polar surface area (TPSA) is 157 Å². The van der Waals surface area contributed by atoms with Gasteiger partial charge < -0.3 is 48.8 Å². The summed E-state index contributed by atoms with van der Waals surface area (Å²) in [5.41, 5.74) is -6.47. The predicted molar refractivity (Wildman–Crippen MR) is 124 cm³/mol. The molecule has 2 unspecified atom stereocenters. The summed E-state index contributed by atoms with van der Waals surface area (Å²) in [6, 6.07) is 0. The molecule has 4 N–H and O–H groups in total. The molecule has 3 aliphatic carbocycles. The van der Waals surface area contributed by atoms with E-state index in [-0.39, 0.29) is 25.6 Å². The average molecular weight is 537 g/mol. The highest BCUT2D eigenvalue weighted by Crippen LogP contribution is 2.81. The first-order valence-corrected chi connectivity index (χ1v) is 13.6. The standard InChI is InChI=1S/C27H36O11/c1-22-9-35-15-17(22)25(13(29)8-12(22)28)10-36-16(20(31)33-4)18(25)23(2,19(15)30)27-14-7-11(24(27,3)38-27)26(32)5-6-34-21(26)37-14/h5-6,11-19,21,28-30,32H,7-10H2,1-4H3/t11-,12+,13-,14?,15+,16-,17-,18-,19+,21-,22+,23-,24-,25?,26-,27-/m0/s1. The van der Waals surface area contributed by atoms with E-state index in [1.54, 1.807) is 6.08 Å². The van der Waals surface area contributed by atoms with Crippen LogP contribution < -0.4 is 0 Å². The molecule has 11 nitrogen and oxygen atoms in total. The largest absolute Gasteiger partial charge is 0.469 e. The quantitative estimate of drug-likeness (QED) is 0.260. The van der Waals surface area contributed by atoms with Crippen molar-refractivity contribution in [3.63, 3.8) is 0 Å². The number of rotatable bonds is 2. The van der Waals surface area contributed by atoms with Gasteiger partial charge in [0.25, 0.3) is 0 Å². The summed E-state index contributed by atoms with van der Waals surface area (Å²) < 4.78 is 36.4. The Morgan fingerprint density at radius 3 is 2.53 bits per heavy atom. The summed E-state index contributed by atoms with van der Waals surface area (Å²) in [5, 5.41) is 46.9. The lowest BCUT2D eigenvalue weighted by Crippen LogP contribution is -2.76. The lowest BCUT2D eigenvalue weighted by Gasteiger charge is -2.65. The van der Waals surface area contributed by atoms with Crippen molar-refractivity contribution < 1.29 is 53.6 Å². The molecule has 0 aromatic heterocycles. The number of aliphatic hydroxyl groups excluding tert-OH is 3. The van der Waals surface area contributed by atoms with Crippen LogP contribution in [0.2, 0.25) is 0 Å². The highest BCUT2D eigenvalue weighted by Gasteiger charge is 2.94. The molecule has 7 fully saturated rings. The summed E-state index contributed by atoms with van der Waals surface area (Å²) in [6.07, 6.45) is -2.71. The Labute approximate surface area is 220 Å². The number of carbonyl (C=O) groups excluding carboxylic acids is 1. The molecule has 210 valence electrons. The van der Waals surface area contributed by atoms with E-state index in [9.17, 15) is 25.2 Å². The first-order valence-electron chi connectivity index (χ1n) is 13.6. The molecular weight excluding hydrogens is 500 g/mol. The Hall–Kier alpha value is -1.31. The number of esters is 1. The van der Waals surface area contributed by atoms with Gasteiger partial charge >= 0.3 is 5.97 Å². The number of methoxy groups -OCH3 is 1. The van der Waals surface area contributed by atoms with E-state index in [1.807, 2.05) is 20.8 Å². The van der Waals surface area contributed by atoms with Gasteiger partial charge in [-0.3, -0.25) is 0 Å². The van der Waals surface area contributed by atoms with Crippen LogP contribution >= 0.6 is 0 Å². The van der Waals surface area contributed by atoms with Crippen LogP contribution in [-0.2, 0) is 33.2 Å². The number of carbonyl (C=O) groups is 1. The molecule has 0 amide bonds. The van der Waals surface area contributed by atoms with Gasteiger partial charge in [0.15, 0.2) is 11.7 Å². The fourth-order valence-electron chi connectivity index (χ4n) is 11.1. The van der Waals surface area contributed by atoms with Gasteiger partial charge in [-0.05, 0) is 19.4 Å². The molecule has 0 aromatic carbocycles. The minimum atomic E-state index is -1.40. The van der Waals surface area contributed by atoms with Crippen molar-refractivity contribution in [1.82, 2.24) is 0 Å². The molecule has 38 heavy (non-hydrogen) atoms. The van der Waals surface area contributed by atoms with Crippen molar-refractivity contribution in [2.45, 2.75) is 93.3 Å². The van der Waals surface area contributed by atoms with Crippen LogP contribution in [0.1, 0.15) is 33.6 Å². The van der Waals surface area contributed by atoms with Crippen LogP contribution in [0.3, 0.4) is 0 Å². The zero-order chi connectivity index (χ0) is 26.8. The van der Waals surface area contributed by atoms with Gasteiger partial charge in [0.1, 0.15) is 11.2 Å². The van der Waals surface area contributed by atoms with Crippen LogP contribution in [0.4, 0.5) is 0 Å². The molecule has 1 spiro atoms. The second-order valence-corrected chi connectivity index (χ2v) is 13.6. The van der Waals surface area contributed by atoms with E-state index in [1.165, 1.54) is 13.4 Å². The minimum absolute atomic E-state index is 0.0495. The number of ether oxygens (including phenoxy) is 6. The van der Waals surface area contributed by atoms with Crippen molar-refractivity contribution in [2.75, 3.05) is 20.3 Å². The SMILES string of the molecule is COC(=O)[C@H]1OCC23[C@H]4[C@@H](OC[C@]4(C)[C@H](O)C[C@@H]2O)[C@@H](O)[C@@](C)([C@]24O[C@@]2(C)[C@@H]2CC4O[C@@H]4OC=C[C@@]42O)[C@H]13. The third-order valence-corrected chi connectivity index (χ3v) is 12.6. The molecule has 4 saturated heterocycles. The van der Waals surface area contributed by atoms with Gasteiger partial charge in [-0.15, -0.1) is 0 Å². The minimum Gasteiger partial charge on any atom is -0.469 e. The normalized spacial score (nSPS) is 66.4. The van der Waals surface area contributed by atoms with Crippen LogP contribution in [0, 0.1) is 34.0 Å². The lowest BCUT2D eigenvalue weighted by atomic mass is 9.38. The zero-order valence-electron chi connectivity index (χ0n) is 21.9. The van der Waals surface area contributed by atoms with Gasteiger partial charge in [-0.25, -0.2) is 4.79 Å². The molecule has 0 aromatic rings. The third kappa shape index (κ3) is 2.14. The Kier molecular flexibility index (Phi) is 4.36. The molecular formula is C27H36O11. The lowest BCUT2D eigenvalue weighted by molar-refractivity contribution is -0.295. The maximum absolute atomic E-state index is 13.3. The summed E-state index contributed by atoms with van der Waals surface area (Å²) in [7, 11) is 1.29. The fourth-order valence-corrected chi connectivity index (χ4v) is 11.1. The maximum atomic E-state index is 13.3. The second kappa shape index (κ2) is 6.76. The number of fused-ring (bicyclic) bond motifs is 7. The van der Waals surface area contributed by atoms with Crippen molar-refractivity contribution in [1.29, 1.82) is 0 Å². The zero-order valence-corrected chi connectivity index (χ0v) is 21.9. The molecule has 8 rings (SSSR count). The maximum Gasteiger partial charge on any atom is 0.335 e. The van der Waals surface area contributed by atoms with E-state index in [0.29, 0.717) is 6.42 Å². The first-order chi connectivity index (χ1) is 17.9. The number of epoxide rings is 1. The van der Waals surface area contributed by atoms with E-state index >= 15 is 0 Å². The van der Waals surface area contributed by atoms with Gasteiger partial charge in [0.2, 0.25) is 6.29 Å². The van der Waals surface area contributed by atoms with Crippen LogP contribution in [0.15, 0.2) is 12.3 Å². The Bertz CT molecular complexity index is 1150. The summed E-state index contributed by atoms with van der Waals surface area (Å²) in [4.78, 5) is 13.3. The monoisotopic (exact) mass is 536 g/mol. The van der Waals surface area contributed by atoms with Crippen LogP contribution in [0.5, 0.6) is 0 Å². The Balaban J connectivity index is 1.35. The number of aliphatic hydroxyl groups is 4. The van der Waals surface area contributed by atoms with E-state index in [2.05, 4.69) is 0 Å². The molecule has 5 aliphatic heterocycles. The molecule has 2 bridgehead atoms. The summed E-state index contributed by atoms with van der Waals surface area (Å²) >= 11 is 0. The highest BCUT2D eigenvalue weighted by atomic mass is 16.7. The first kappa shape index (κ1) is 24.5. The van der Waals surface area contributed by atoms with Gasteiger partial charge in [-0.1, -0.05) is 13.8 Å². The molecule has 3 saturated carbocycles. The molecule has 8 aliphatic rings. The van der Waals surface area contributed by atoms with Gasteiger partial charge in [0, 0.05) is 40.4 Å². The molecule has 11 heteroatoms. The van der Waals surface area contributed by atoms with Gasteiger partial charge in [-0.2, -0.15) is 0 Å². The van der Waals surface area contributed by atoms with Crippen LogP contribution in [0.25, 0.3) is 0 Å². The third-order valence-electron chi connectivity index (χ3n) is 12.6. The van der Waals surface area contributed by atoms with Crippen molar-refractivity contribution in [3.8, 4) is 0 Å². The second-order valence-electron chi connectivity index (χ2n) is 13.6. The summed E-state index contributed by atoms with van der Waals surface area (Å²) in [5.74, 6) is -2.21. The molecule has 5 heterocycles. The highest BCUT2D eigenvalue weighted by molar-refractivity contribution is 5.76. The Morgan fingerprint density at radius 1 is 1.03 bits per heavy atom. The predicted octanol–water partition coefficient (Wildman–Crippen LogP) is -0.764. The Morgan fingerprint density at radius 2 is 1.79 bits per heavy atom. The van der Waals surface area contributed by atoms with Crippen molar-refractivity contribution in [2.24, 2.45) is 34.0 Å². The van der Waals surface area contributed by atoms with E-state index in [4.69, 9.17) is 28.4 Å². The average Bonchev–Trinajstić information content (AvgIpc) is 3.28. The van der Waals surface area contributed by atoms with E-state index in [0.717, 1.165) is 0 Å². The summed E-state index contributed by atoms with van der Waals surface area (Å²) in [6.45, 7) is 5.99. The molecule has 16 atom stereocenters. The fraction of sp³-hybridized carbons (Fsp3) is 0.889. The molecule has 0 radical (unpaired) electrons.